The van der Waals surface area contributed by atoms with Crippen molar-refractivity contribution in [2.24, 2.45) is 0 Å². The molecule has 0 atom stereocenters. The molecule has 0 fully saturated rings. The first-order valence-corrected chi connectivity index (χ1v) is 10.5. The van der Waals surface area contributed by atoms with Gasteiger partial charge in [0.05, 0.1) is 17.2 Å². The average molecular weight is 444 g/mol. The van der Waals surface area contributed by atoms with Crippen LogP contribution in [0.5, 0.6) is 0 Å². The summed E-state index contributed by atoms with van der Waals surface area (Å²) in [5, 5.41) is 16.0. The maximum absolute atomic E-state index is 13.3. The van der Waals surface area contributed by atoms with Crippen LogP contribution in [0.3, 0.4) is 0 Å². The van der Waals surface area contributed by atoms with E-state index < -0.39 is 16.3 Å². The minimum atomic E-state index is -0.610. The van der Waals surface area contributed by atoms with Crippen LogP contribution >= 0.6 is 0 Å². The molecule has 0 aliphatic rings. The molecule has 5 rings (SSSR count). The fraction of sp³-hybridized carbons (Fsp3) is 0.174. The zero-order valence-corrected chi connectivity index (χ0v) is 17.8. The molecule has 0 saturated heterocycles. The van der Waals surface area contributed by atoms with Crippen LogP contribution in [0.2, 0.25) is 0 Å². The van der Waals surface area contributed by atoms with Gasteiger partial charge < -0.3 is 24.8 Å². The summed E-state index contributed by atoms with van der Waals surface area (Å²) in [5.41, 5.74) is 8.52. The Morgan fingerprint density at radius 1 is 1.12 bits per heavy atom. The second-order valence-corrected chi connectivity index (χ2v) is 7.56. The fourth-order valence-corrected chi connectivity index (χ4v) is 4.06. The number of fused-ring (bicyclic) bond motifs is 2. The lowest BCUT2D eigenvalue weighted by molar-refractivity contribution is -0.388. The molecule has 0 aliphatic carbocycles. The summed E-state index contributed by atoms with van der Waals surface area (Å²) in [6, 6.07) is 16.8. The first kappa shape index (κ1) is 20.4. The third-order valence-corrected chi connectivity index (χ3v) is 5.63. The van der Waals surface area contributed by atoms with Crippen LogP contribution in [0.1, 0.15) is 12.5 Å². The highest BCUT2D eigenvalue weighted by Gasteiger charge is 2.32. The molecule has 5 aromatic rings. The van der Waals surface area contributed by atoms with Gasteiger partial charge in [0.1, 0.15) is 22.2 Å². The maximum Gasteiger partial charge on any atom is 0.399 e. The van der Waals surface area contributed by atoms with E-state index in [4.69, 9.17) is 10.2 Å². The predicted molar refractivity (Wildman–Crippen MR) is 124 cm³/mol. The zero-order valence-electron chi connectivity index (χ0n) is 17.8. The van der Waals surface area contributed by atoms with Crippen molar-refractivity contribution < 1.29 is 9.34 Å². The van der Waals surface area contributed by atoms with Crippen molar-refractivity contribution in [3.05, 3.63) is 80.6 Å². The van der Waals surface area contributed by atoms with Crippen molar-refractivity contribution in [3.8, 4) is 11.5 Å². The summed E-state index contributed by atoms with van der Waals surface area (Å²) in [5.74, 6) is -0.187. The van der Waals surface area contributed by atoms with Crippen LogP contribution in [-0.2, 0) is 19.5 Å². The van der Waals surface area contributed by atoms with Gasteiger partial charge in [-0.2, -0.15) is 0 Å². The highest BCUT2D eigenvalue weighted by molar-refractivity contribution is 6.05. The molecule has 0 aliphatic heterocycles. The van der Waals surface area contributed by atoms with E-state index in [0.717, 1.165) is 10.2 Å². The monoisotopic (exact) mass is 444 g/mol. The molecule has 0 unspecified atom stereocenters. The molecule has 33 heavy (non-hydrogen) atoms. The van der Waals surface area contributed by atoms with Crippen molar-refractivity contribution in [3.63, 3.8) is 0 Å². The number of aromatic nitrogens is 4. The van der Waals surface area contributed by atoms with Gasteiger partial charge in [0.25, 0.3) is 0 Å². The second kappa shape index (κ2) is 7.90. The van der Waals surface area contributed by atoms with Gasteiger partial charge in [0.15, 0.2) is 5.58 Å². The molecule has 10 nitrogen and oxygen atoms in total. The number of hydrogen-bond donors (Lipinski definition) is 1. The number of nitro groups is 1. The lowest BCUT2D eigenvalue weighted by atomic mass is 10.1. The molecule has 10 heteroatoms. The molecule has 2 N–H and O–H groups in total. The van der Waals surface area contributed by atoms with Gasteiger partial charge >= 0.3 is 11.4 Å². The Bertz CT molecular complexity index is 1530. The molecule has 0 saturated carbocycles. The van der Waals surface area contributed by atoms with Crippen LogP contribution in [0.4, 0.5) is 11.6 Å². The normalized spacial score (nSPS) is 11.4. The quantitative estimate of drug-likeness (QED) is 0.311. The Morgan fingerprint density at radius 3 is 2.55 bits per heavy atom. The third kappa shape index (κ3) is 3.32. The molecule has 0 spiro atoms. The number of nitrogens with zero attached hydrogens (tertiary/aromatic N) is 5. The molecule has 0 radical (unpaired) electrons. The van der Waals surface area contributed by atoms with Crippen LogP contribution in [0.25, 0.3) is 33.5 Å². The van der Waals surface area contributed by atoms with E-state index in [2.05, 4.69) is 10.1 Å². The summed E-state index contributed by atoms with van der Waals surface area (Å²) in [6.07, 6.45) is 0.573. The third-order valence-electron chi connectivity index (χ3n) is 5.63. The average Bonchev–Trinajstić information content (AvgIpc) is 3.37. The smallest absolute Gasteiger partial charge is 0.399 e. The molecular weight excluding hydrogens is 424 g/mol. The van der Waals surface area contributed by atoms with E-state index in [-0.39, 0.29) is 34.7 Å². The second-order valence-electron chi connectivity index (χ2n) is 7.56. The SMILES string of the molecule is CCn1nc([N+](=O)[O-])c2c(-c3nc4ccccc4o3)c(N)n(CCc3ccccc3)c2c1=O. The van der Waals surface area contributed by atoms with E-state index in [1.807, 2.05) is 36.4 Å². The molecule has 2 aromatic carbocycles. The van der Waals surface area contributed by atoms with Crippen molar-refractivity contribution in [1.29, 1.82) is 0 Å². The number of para-hydroxylation sites is 2. The number of oxazole rings is 1. The van der Waals surface area contributed by atoms with Crippen LogP contribution in [0, 0.1) is 10.1 Å². The van der Waals surface area contributed by atoms with Crippen LogP contribution in [0.15, 0.2) is 63.8 Å². The lowest BCUT2D eigenvalue weighted by Crippen LogP contribution is -2.25. The molecular formula is C23H20N6O4. The first-order valence-electron chi connectivity index (χ1n) is 10.5. The summed E-state index contributed by atoms with van der Waals surface area (Å²) in [4.78, 5) is 29.1. The number of nitrogens with two attached hydrogens (primary N) is 1. The minimum absolute atomic E-state index is 0.0341. The molecule has 166 valence electrons. The van der Waals surface area contributed by atoms with E-state index in [1.165, 1.54) is 0 Å². The Hall–Kier alpha value is -4.47. The Morgan fingerprint density at radius 2 is 1.85 bits per heavy atom. The van der Waals surface area contributed by atoms with E-state index in [1.54, 1.807) is 29.7 Å². The summed E-state index contributed by atoms with van der Waals surface area (Å²) in [6.45, 7) is 2.22. The van der Waals surface area contributed by atoms with Gasteiger partial charge in [-0.25, -0.2) is 4.98 Å². The van der Waals surface area contributed by atoms with Gasteiger partial charge in [0.2, 0.25) is 5.89 Å². The lowest BCUT2D eigenvalue weighted by Gasteiger charge is -2.08. The predicted octanol–water partition coefficient (Wildman–Crippen LogP) is 3.76. The van der Waals surface area contributed by atoms with Gasteiger partial charge in [-0.15, -0.1) is 4.68 Å². The number of benzene rings is 2. The number of aryl methyl sites for hydroxylation is 3. The number of nitrogen functional groups attached to an aromatic ring is 1. The molecule has 3 heterocycles. The van der Waals surface area contributed by atoms with Crippen molar-refractivity contribution in [2.75, 3.05) is 5.73 Å². The standard InChI is InChI=1S/C23H20N6O4/c1-2-28-23(30)19-17(21(26-28)29(31)32)18(22-25-15-10-6-7-11-16(15)33-22)20(24)27(19)13-12-14-8-4-3-5-9-14/h3-11H,2,12-13,24H2,1H3. The highest BCUT2D eigenvalue weighted by Crippen LogP contribution is 2.40. The Balaban J connectivity index is 1.82. The van der Waals surface area contributed by atoms with Gasteiger partial charge in [0, 0.05) is 6.54 Å². The molecule has 0 amide bonds. The van der Waals surface area contributed by atoms with E-state index in [0.29, 0.717) is 24.1 Å². The highest BCUT2D eigenvalue weighted by atomic mass is 16.6. The molecule has 0 bridgehead atoms. The summed E-state index contributed by atoms with van der Waals surface area (Å²) < 4.78 is 8.57. The Labute approximate surface area is 187 Å². The summed E-state index contributed by atoms with van der Waals surface area (Å²) >= 11 is 0. The van der Waals surface area contributed by atoms with Crippen molar-refractivity contribution >= 4 is 33.6 Å². The van der Waals surface area contributed by atoms with Crippen molar-refractivity contribution in [1.82, 2.24) is 19.3 Å². The minimum Gasteiger partial charge on any atom is -0.436 e. The van der Waals surface area contributed by atoms with E-state index >= 15 is 0 Å². The number of hydrogen-bond acceptors (Lipinski definition) is 7. The first-order chi connectivity index (χ1) is 16.0. The Kier molecular flexibility index (Phi) is 4.89. The maximum atomic E-state index is 13.3. The summed E-state index contributed by atoms with van der Waals surface area (Å²) in [7, 11) is 0. The topological polar surface area (TPSA) is 135 Å². The molecule has 3 aromatic heterocycles. The van der Waals surface area contributed by atoms with Gasteiger partial charge in [-0.05, 0) is 36.0 Å². The number of rotatable bonds is 6. The largest absolute Gasteiger partial charge is 0.436 e. The number of anilines is 1. The van der Waals surface area contributed by atoms with Crippen molar-refractivity contribution in [2.45, 2.75) is 26.4 Å². The fourth-order valence-electron chi connectivity index (χ4n) is 4.06. The van der Waals surface area contributed by atoms with Gasteiger partial charge in [-0.1, -0.05) is 42.5 Å². The van der Waals surface area contributed by atoms with Crippen LogP contribution in [-0.4, -0.2) is 24.3 Å². The zero-order chi connectivity index (χ0) is 23.1. The van der Waals surface area contributed by atoms with Crippen LogP contribution < -0.4 is 11.3 Å². The van der Waals surface area contributed by atoms with Gasteiger partial charge in [-0.3, -0.25) is 4.79 Å². The van der Waals surface area contributed by atoms with E-state index in [9.17, 15) is 14.9 Å².